The standard InChI is InChI=1S/C27H24BrClN2O3S/c1-3-17-9-11-20(12-10-17)30-27-31-26(32)24(35-27)15-18-13-21(28)25(23(14-18)33-4-2)34-16-19-7-5-6-8-22(19)29/h5-15H,3-4,16H2,1-2H3,(H,30,31,32)/b24-15-. The molecular weight excluding hydrogens is 548 g/mol. The van der Waals surface area contributed by atoms with Crippen LogP contribution in [-0.2, 0) is 17.8 Å². The molecule has 0 aliphatic carbocycles. The molecule has 3 aromatic rings. The van der Waals surface area contributed by atoms with Gasteiger partial charge in [0.25, 0.3) is 5.91 Å². The number of nitrogens with one attached hydrogen (secondary N) is 1. The number of thioether (sulfide) groups is 1. The lowest BCUT2D eigenvalue weighted by atomic mass is 10.1. The number of nitrogens with zero attached hydrogens (tertiary/aromatic N) is 1. The number of amides is 1. The summed E-state index contributed by atoms with van der Waals surface area (Å²) < 4.78 is 12.6. The van der Waals surface area contributed by atoms with Crippen LogP contribution in [0.15, 0.2) is 75.0 Å². The van der Waals surface area contributed by atoms with Gasteiger partial charge in [-0.3, -0.25) is 4.79 Å². The van der Waals surface area contributed by atoms with E-state index in [-0.39, 0.29) is 5.91 Å². The summed E-state index contributed by atoms with van der Waals surface area (Å²) in [5.41, 5.74) is 3.72. The van der Waals surface area contributed by atoms with Crippen LogP contribution < -0.4 is 14.8 Å². The van der Waals surface area contributed by atoms with Gasteiger partial charge in [-0.25, -0.2) is 4.99 Å². The zero-order valence-electron chi connectivity index (χ0n) is 19.3. The highest BCUT2D eigenvalue weighted by Crippen LogP contribution is 2.39. The molecule has 35 heavy (non-hydrogen) atoms. The molecule has 0 unspecified atom stereocenters. The topological polar surface area (TPSA) is 59.9 Å². The van der Waals surface area contributed by atoms with E-state index in [0.29, 0.717) is 39.8 Å². The zero-order valence-corrected chi connectivity index (χ0v) is 22.5. The second-order valence-corrected chi connectivity index (χ2v) is 9.94. The molecule has 1 aliphatic heterocycles. The average Bonchev–Trinajstić information content (AvgIpc) is 3.18. The molecule has 0 saturated carbocycles. The number of amidine groups is 1. The molecule has 1 fully saturated rings. The van der Waals surface area contributed by atoms with Crippen molar-refractivity contribution in [1.82, 2.24) is 5.32 Å². The molecule has 0 spiro atoms. The minimum absolute atomic E-state index is 0.188. The Kier molecular flexibility index (Phi) is 8.55. The van der Waals surface area contributed by atoms with Gasteiger partial charge in [-0.05, 0) is 88.6 Å². The maximum atomic E-state index is 12.6. The first-order valence-electron chi connectivity index (χ1n) is 11.2. The molecule has 1 heterocycles. The minimum Gasteiger partial charge on any atom is -0.490 e. The van der Waals surface area contributed by atoms with Gasteiger partial charge in [0.2, 0.25) is 0 Å². The van der Waals surface area contributed by atoms with E-state index >= 15 is 0 Å². The van der Waals surface area contributed by atoms with Crippen molar-refractivity contribution < 1.29 is 14.3 Å². The van der Waals surface area contributed by atoms with Crippen LogP contribution >= 0.6 is 39.3 Å². The Bertz CT molecular complexity index is 1290. The largest absolute Gasteiger partial charge is 0.490 e. The normalized spacial score (nSPS) is 15.5. The van der Waals surface area contributed by atoms with E-state index in [1.54, 1.807) is 0 Å². The van der Waals surface area contributed by atoms with E-state index in [4.69, 9.17) is 21.1 Å². The monoisotopic (exact) mass is 570 g/mol. The number of benzene rings is 3. The average molecular weight is 572 g/mol. The van der Waals surface area contributed by atoms with Crippen molar-refractivity contribution in [3.8, 4) is 11.5 Å². The quantitative estimate of drug-likeness (QED) is 0.284. The second-order valence-electron chi connectivity index (χ2n) is 7.64. The van der Waals surface area contributed by atoms with E-state index in [9.17, 15) is 4.79 Å². The summed E-state index contributed by atoms with van der Waals surface area (Å²) in [4.78, 5) is 17.7. The Morgan fingerprint density at radius 1 is 1.09 bits per heavy atom. The number of halogens is 2. The highest BCUT2D eigenvalue weighted by atomic mass is 79.9. The van der Waals surface area contributed by atoms with Crippen molar-refractivity contribution in [2.45, 2.75) is 26.9 Å². The zero-order chi connectivity index (χ0) is 24.8. The van der Waals surface area contributed by atoms with Crippen LogP contribution in [0.4, 0.5) is 5.69 Å². The minimum atomic E-state index is -0.188. The highest BCUT2D eigenvalue weighted by molar-refractivity contribution is 9.10. The molecule has 1 aliphatic rings. The Morgan fingerprint density at radius 3 is 2.57 bits per heavy atom. The lowest BCUT2D eigenvalue weighted by molar-refractivity contribution is -0.115. The number of rotatable bonds is 8. The first-order chi connectivity index (χ1) is 17.0. The van der Waals surface area contributed by atoms with Crippen LogP contribution in [0.5, 0.6) is 11.5 Å². The summed E-state index contributed by atoms with van der Waals surface area (Å²) in [7, 11) is 0. The Hall–Kier alpha value is -2.74. The third-order valence-electron chi connectivity index (χ3n) is 5.19. The molecule has 0 bridgehead atoms. The SMILES string of the molecule is CCOc1cc(/C=C2\SC(=Nc3ccc(CC)cc3)NC2=O)cc(Br)c1OCc1ccccc1Cl. The predicted molar refractivity (Wildman–Crippen MR) is 148 cm³/mol. The van der Waals surface area contributed by atoms with Crippen LogP contribution in [0.25, 0.3) is 6.08 Å². The molecule has 1 saturated heterocycles. The third kappa shape index (κ3) is 6.48. The number of carbonyl (C=O) groups excluding carboxylic acids is 1. The van der Waals surface area contributed by atoms with Crippen LogP contribution in [0.2, 0.25) is 5.02 Å². The van der Waals surface area contributed by atoms with Crippen LogP contribution in [-0.4, -0.2) is 17.7 Å². The van der Waals surface area contributed by atoms with E-state index in [2.05, 4.69) is 33.2 Å². The molecule has 1 amide bonds. The van der Waals surface area contributed by atoms with E-state index in [1.165, 1.54) is 17.3 Å². The number of aryl methyl sites for hydroxylation is 1. The lowest BCUT2D eigenvalue weighted by Crippen LogP contribution is -2.19. The van der Waals surface area contributed by atoms with Crippen LogP contribution in [0, 0.1) is 0 Å². The molecule has 0 radical (unpaired) electrons. The summed E-state index contributed by atoms with van der Waals surface area (Å²) in [6.07, 6.45) is 2.78. The molecule has 0 aromatic heterocycles. The second kappa shape index (κ2) is 11.8. The van der Waals surface area contributed by atoms with Crippen molar-refractivity contribution in [3.05, 3.63) is 91.8 Å². The van der Waals surface area contributed by atoms with Gasteiger partial charge < -0.3 is 14.8 Å². The van der Waals surface area contributed by atoms with Gasteiger partial charge >= 0.3 is 0 Å². The number of hydrogen-bond donors (Lipinski definition) is 1. The Morgan fingerprint density at radius 2 is 1.86 bits per heavy atom. The number of hydrogen-bond acceptors (Lipinski definition) is 5. The Labute approximate surface area is 222 Å². The fourth-order valence-corrected chi connectivity index (χ4v) is 5.00. The maximum absolute atomic E-state index is 12.6. The lowest BCUT2D eigenvalue weighted by Gasteiger charge is -2.15. The maximum Gasteiger partial charge on any atom is 0.264 e. The van der Waals surface area contributed by atoms with Gasteiger partial charge in [0.05, 0.1) is 21.7 Å². The van der Waals surface area contributed by atoms with Gasteiger partial charge in [-0.15, -0.1) is 0 Å². The van der Waals surface area contributed by atoms with E-state index in [0.717, 1.165) is 27.7 Å². The van der Waals surface area contributed by atoms with Gasteiger partial charge in [0.15, 0.2) is 16.7 Å². The predicted octanol–water partition coefficient (Wildman–Crippen LogP) is 7.53. The van der Waals surface area contributed by atoms with Gasteiger partial charge in [0.1, 0.15) is 6.61 Å². The van der Waals surface area contributed by atoms with Gasteiger partial charge in [-0.2, -0.15) is 0 Å². The molecule has 5 nitrogen and oxygen atoms in total. The molecule has 3 aromatic carbocycles. The highest BCUT2D eigenvalue weighted by Gasteiger charge is 2.24. The van der Waals surface area contributed by atoms with E-state index < -0.39 is 0 Å². The van der Waals surface area contributed by atoms with Crippen molar-refractivity contribution in [2.75, 3.05) is 6.61 Å². The first kappa shape index (κ1) is 25.4. The molecule has 8 heteroatoms. The summed E-state index contributed by atoms with van der Waals surface area (Å²) in [5, 5.41) is 4.03. The molecule has 4 rings (SSSR count). The summed E-state index contributed by atoms with van der Waals surface area (Å²) in [5.74, 6) is 0.969. The van der Waals surface area contributed by atoms with Crippen LogP contribution in [0.3, 0.4) is 0 Å². The molecule has 180 valence electrons. The van der Waals surface area contributed by atoms with Crippen molar-refractivity contribution in [3.63, 3.8) is 0 Å². The number of ether oxygens (including phenoxy) is 2. The smallest absolute Gasteiger partial charge is 0.264 e. The number of aliphatic imine (C=N–C) groups is 1. The van der Waals surface area contributed by atoms with Crippen molar-refractivity contribution in [2.24, 2.45) is 4.99 Å². The molecule has 1 N–H and O–H groups in total. The van der Waals surface area contributed by atoms with Gasteiger partial charge in [-0.1, -0.05) is 48.9 Å². The van der Waals surface area contributed by atoms with E-state index in [1.807, 2.05) is 73.7 Å². The molecular formula is C27H24BrClN2O3S. The van der Waals surface area contributed by atoms with Crippen LogP contribution in [0.1, 0.15) is 30.5 Å². The molecule has 0 atom stereocenters. The fraction of sp³-hybridized carbons (Fsp3) is 0.185. The summed E-state index contributed by atoms with van der Waals surface area (Å²) in [6.45, 7) is 4.79. The third-order valence-corrected chi connectivity index (χ3v) is 7.05. The first-order valence-corrected chi connectivity index (χ1v) is 13.2. The summed E-state index contributed by atoms with van der Waals surface area (Å²) >= 11 is 11.2. The van der Waals surface area contributed by atoms with Crippen molar-refractivity contribution in [1.29, 1.82) is 0 Å². The van der Waals surface area contributed by atoms with Gasteiger partial charge in [0, 0.05) is 10.6 Å². The van der Waals surface area contributed by atoms with Crippen molar-refractivity contribution >= 4 is 62.1 Å². The summed E-state index contributed by atoms with van der Waals surface area (Å²) in [6, 6.07) is 19.3. The fourth-order valence-electron chi connectivity index (χ4n) is 3.39. The number of carbonyl (C=O) groups is 1. The Balaban J connectivity index is 1.55.